The van der Waals surface area contributed by atoms with E-state index in [0.29, 0.717) is 5.95 Å². The molecule has 0 unspecified atom stereocenters. The maximum absolute atomic E-state index is 10.9. The zero-order chi connectivity index (χ0) is 18.1. The van der Waals surface area contributed by atoms with Crippen molar-refractivity contribution in [2.24, 2.45) is 5.92 Å². The molecule has 0 radical (unpaired) electrons. The summed E-state index contributed by atoms with van der Waals surface area (Å²) in [7, 11) is 0. The standard InChI is InChI=1S/C20H19N3O3/c24-18(25)14-10-20(26,11-14)12-21-19-22-16-9-5-4-8-15(16)17(23-19)13-6-2-1-3-7-13/h1-9,14,26H,10-12H2,(H,24,25)(H,21,22,23). The molecule has 3 N–H and O–H groups in total. The van der Waals surface area contributed by atoms with Crippen LogP contribution in [0.15, 0.2) is 54.6 Å². The van der Waals surface area contributed by atoms with Crippen LogP contribution in [0.5, 0.6) is 0 Å². The van der Waals surface area contributed by atoms with Gasteiger partial charge in [0.05, 0.1) is 22.7 Å². The number of nitrogens with one attached hydrogen (secondary N) is 1. The van der Waals surface area contributed by atoms with Crippen molar-refractivity contribution in [1.29, 1.82) is 0 Å². The molecular weight excluding hydrogens is 330 g/mol. The topological polar surface area (TPSA) is 95.3 Å². The van der Waals surface area contributed by atoms with Crippen LogP contribution < -0.4 is 5.32 Å². The maximum Gasteiger partial charge on any atom is 0.306 e. The second-order valence-electron chi connectivity index (χ2n) is 6.80. The summed E-state index contributed by atoms with van der Waals surface area (Å²) in [5.74, 6) is -0.906. The Labute approximate surface area is 150 Å². The molecule has 6 heteroatoms. The molecule has 26 heavy (non-hydrogen) atoms. The van der Waals surface area contributed by atoms with Gasteiger partial charge < -0.3 is 15.5 Å². The third kappa shape index (κ3) is 3.11. The van der Waals surface area contributed by atoms with Crippen molar-refractivity contribution < 1.29 is 15.0 Å². The number of aromatic nitrogens is 2. The molecule has 4 rings (SSSR count). The number of aliphatic hydroxyl groups is 1. The van der Waals surface area contributed by atoms with Crippen LogP contribution in [0.2, 0.25) is 0 Å². The lowest BCUT2D eigenvalue weighted by atomic mass is 9.71. The Bertz CT molecular complexity index is 953. The van der Waals surface area contributed by atoms with E-state index in [1.165, 1.54) is 0 Å². The van der Waals surface area contributed by atoms with Crippen LogP contribution >= 0.6 is 0 Å². The van der Waals surface area contributed by atoms with E-state index in [1.807, 2.05) is 54.6 Å². The SMILES string of the molecule is O=C(O)C1CC(O)(CNc2nc(-c3ccccc3)c3ccccc3n2)C1. The van der Waals surface area contributed by atoms with Gasteiger partial charge in [0.15, 0.2) is 0 Å². The summed E-state index contributed by atoms with van der Waals surface area (Å²) >= 11 is 0. The molecule has 1 aliphatic rings. The maximum atomic E-state index is 10.9. The lowest BCUT2D eigenvalue weighted by Crippen LogP contribution is -2.51. The average molecular weight is 349 g/mol. The third-order valence-corrected chi connectivity index (χ3v) is 4.83. The number of para-hydroxylation sites is 1. The molecule has 6 nitrogen and oxygen atoms in total. The van der Waals surface area contributed by atoms with E-state index in [1.54, 1.807) is 0 Å². The number of carboxylic acid groups (broad SMARTS) is 1. The molecule has 1 aromatic heterocycles. The first-order valence-corrected chi connectivity index (χ1v) is 8.55. The number of hydrogen-bond donors (Lipinski definition) is 3. The molecule has 0 atom stereocenters. The molecule has 0 spiro atoms. The molecular formula is C20H19N3O3. The van der Waals surface area contributed by atoms with Crippen molar-refractivity contribution in [3.05, 3.63) is 54.6 Å². The zero-order valence-electron chi connectivity index (χ0n) is 14.1. The number of anilines is 1. The van der Waals surface area contributed by atoms with Crippen LogP contribution in [-0.2, 0) is 4.79 Å². The Hall–Kier alpha value is -2.99. The summed E-state index contributed by atoms with van der Waals surface area (Å²) < 4.78 is 0. The number of carbonyl (C=O) groups is 1. The lowest BCUT2D eigenvalue weighted by molar-refractivity contribution is -0.156. The van der Waals surface area contributed by atoms with E-state index < -0.39 is 17.5 Å². The van der Waals surface area contributed by atoms with Gasteiger partial charge in [0.1, 0.15) is 0 Å². The smallest absolute Gasteiger partial charge is 0.306 e. The van der Waals surface area contributed by atoms with Gasteiger partial charge in [0, 0.05) is 17.5 Å². The van der Waals surface area contributed by atoms with Crippen LogP contribution in [0.3, 0.4) is 0 Å². The minimum absolute atomic E-state index is 0.226. The third-order valence-electron chi connectivity index (χ3n) is 4.83. The minimum Gasteiger partial charge on any atom is -0.481 e. The normalized spacial score (nSPS) is 22.0. The van der Waals surface area contributed by atoms with Crippen LogP contribution in [0.25, 0.3) is 22.2 Å². The highest BCUT2D eigenvalue weighted by atomic mass is 16.4. The van der Waals surface area contributed by atoms with Gasteiger partial charge in [-0.25, -0.2) is 9.97 Å². The van der Waals surface area contributed by atoms with E-state index >= 15 is 0 Å². The van der Waals surface area contributed by atoms with E-state index in [-0.39, 0.29) is 19.4 Å². The van der Waals surface area contributed by atoms with Crippen LogP contribution in [-0.4, -0.2) is 38.3 Å². The Kier molecular flexibility index (Phi) is 4.05. The highest BCUT2D eigenvalue weighted by Crippen LogP contribution is 2.38. The van der Waals surface area contributed by atoms with Crippen molar-refractivity contribution in [1.82, 2.24) is 9.97 Å². The van der Waals surface area contributed by atoms with Crippen LogP contribution in [0.4, 0.5) is 5.95 Å². The van der Waals surface area contributed by atoms with Crippen LogP contribution in [0.1, 0.15) is 12.8 Å². The largest absolute Gasteiger partial charge is 0.481 e. The highest BCUT2D eigenvalue weighted by Gasteiger charge is 2.46. The van der Waals surface area contributed by atoms with Crippen molar-refractivity contribution in [2.45, 2.75) is 18.4 Å². The molecule has 1 aliphatic carbocycles. The summed E-state index contributed by atoms with van der Waals surface area (Å²) in [6.07, 6.45) is 0.489. The van der Waals surface area contributed by atoms with Gasteiger partial charge in [0.2, 0.25) is 5.95 Å². The fraction of sp³-hybridized carbons (Fsp3) is 0.250. The molecule has 0 amide bonds. The van der Waals surface area contributed by atoms with E-state index in [4.69, 9.17) is 5.11 Å². The summed E-state index contributed by atoms with van der Waals surface area (Å²) in [4.78, 5) is 20.1. The average Bonchev–Trinajstić information content (AvgIpc) is 2.64. The number of carboxylic acids is 1. The molecule has 2 aromatic carbocycles. The molecule has 3 aromatic rings. The molecule has 1 saturated carbocycles. The van der Waals surface area contributed by atoms with Crippen molar-refractivity contribution in [3.8, 4) is 11.3 Å². The summed E-state index contributed by atoms with van der Waals surface area (Å²) in [5.41, 5.74) is 1.60. The molecule has 0 saturated heterocycles. The van der Waals surface area contributed by atoms with E-state index in [2.05, 4.69) is 15.3 Å². The Morgan fingerprint density at radius 2 is 1.77 bits per heavy atom. The minimum atomic E-state index is -1.02. The van der Waals surface area contributed by atoms with Gasteiger partial charge in [-0.1, -0.05) is 48.5 Å². The van der Waals surface area contributed by atoms with E-state index in [0.717, 1.165) is 22.2 Å². The Morgan fingerprint density at radius 3 is 2.50 bits per heavy atom. The number of benzene rings is 2. The zero-order valence-corrected chi connectivity index (χ0v) is 14.1. The summed E-state index contributed by atoms with van der Waals surface area (Å²) in [5, 5.41) is 23.4. The molecule has 0 aliphatic heterocycles. The molecule has 1 heterocycles. The first-order valence-electron chi connectivity index (χ1n) is 8.55. The first kappa shape index (κ1) is 16.5. The second-order valence-corrected chi connectivity index (χ2v) is 6.80. The predicted molar refractivity (Wildman–Crippen MR) is 98.8 cm³/mol. The molecule has 0 bridgehead atoms. The fourth-order valence-corrected chi connectivity index (χ4v) is 3.39. The fourth-order valence-electron chi connectivity index (χ4n) is 3.39. The van der Waals surface area contributed by atoms with Crippen molar-refractivity contribution >= 4 is 22.8 Å². The van der Waals surface area contributed by atoms with Gasteiger partial charge in [-0.2, -0.15) is 0 Å². The Balaban J connectivity index is 1.61. The number of rotatable bonds is 5. The summed E-state index contributed by atoms with van der Waals surface area (Å²) in [6.45, 7) is 0.226. The number of fused-ring (bicyclic) bond motifs is 1. The van der Waals surface area contributed by atoms with Crippen molar-refractivity contribution in [2.75, 3.05) is 11.9 Å². The Morgan fingerprint density at radius 1 is 1.08 bits per heavy atom. The van der Waals surface area contributed by atoms with E-state index in [9.17, 15) is 9.90 Å². The van der Waals surface area contributed by atoms with Gasteiger partial charge in [0.25, 0.3) is 0 Å². The van der Waals surface area contributed by atoms with Gasteiger partial charge in [-0.05, 0) is 18.9 Å². The molecule has 1 fully saturated rings. The van der Waals surface area contributed by atoms with Crippen molar-refractivity contribution in [3.63, 3.8) is 0 Å². The van der Waals surface area contributed by atoms with Gasteiger partial charge >= 0.3 is 5.97 Å². The first-order chi connectivity index (χ1) is 12.5. The number of aliphatic carboxylic acids is 1. The van der Waals surface area contributed by atoms with Crippen LogP contribution in [0, 0.1) is 5.92 Å². The number of nitrogens with zero attached hydrogens (tertiary/aromatic N) is 2. The highest BCUT2D eigenvalue weighted by molar-refractivity contribution is 5.93. The summed E-state index contributed by atoms with van der Waals surface area (Å²) in [6, 6.07) is 17.7. The quantitative estimate of drug-likeness (QED) is 0.655. The van der Waals surface area contributed by atoms with Gasteiger partial charge in [-0.3, -0.25) is 4.79 Å². The number of hydrogen-bond acceptors (Lipinski definition) is 5. The predicted octanol–water partition coefficient (Wildman–Crippen LogP) is 2.93. The second kappa shape index (κ2) is 6.38. The van der Waals surface area contributed by atoms with Gasteiger partial charge in [-0.15, -0.1) is 0 Å². The lowest BCUT2D eigenvalue weighted by Gasteiger charge is -2.41. The monoisotopic (exact) mass is 349 g/mol. The molecule has 132 valence electrons.